The van der Waals surface area contributed by atoms with E-state index < -0.39 is 7.14 Å². The molecule has 0 N–H and O–H groups in total. The van der Waals surface area contributed by atoms with E-state index in [4.69, 9.17) is 4.74 Å². The largest absolute Gasteiger partial charge is 0.458 e. The lowest BCUT2D eigenvalue weighted by Crippen LogP contribution is -2.30. The van der Waals surface area contributed by atoms with Crippen LogP contribution in [0, 0.1) is 5.92 Å². The molecule has 0 unspecified atom stereocenters. The fraction of sp³-hybridized carbons (Fsp3) is 0.240. The van der Waals surface area contributed by atoms with E-state index >= 15 is 0 Å². The normalized spacial score (nSPS) is 13.4. The fourth-order valence-corrected chi connectivity index (χ4v) is 6.68. The second-order valence-corrected chi connectivity index (χ2v) is 10.2. The second-order valence-electron chi connectivity index (χ2n) is 7.29. The lowest BCUT2D eigenvalue weighted by Gasteiger charge is -2.28. The molecule has 0 aliphatic heterocycles. The van der Waals surface area contributed by atoms with E-state index in [1.807, 2.05) is 92.7 Å². The van der Waals surface area contributed by atoms with Crippen molar-refractivity contribution in [1.29, 1.82) is 0 Å². The molecule has 0 fully saturated rings. The summed E-state index contributed by atoms with van der Waals surface area (Å²) in [7, 11) is -2.85. The molecule has 3 aromatic rings. The number of ether oxygens (including phenoxy) is 1. The molecule has 3 aromatic carbocycles. The second kappa shape index (κ2) is 9.71. The summed E-state index contributed by atoms with van der Waals surface area (Å²) in [6, 6.07) is 28.3. The van der Waals surface area contributed by atoms with Crippen LogP contribution < -0.4 is 10.6 Å². The maximum absolute atomic E-state index is 14.3. The Balaban J connectivity index is 1.85. The first-order chi connectivity index (χ1) is 14.0. The van der Waals surface area contributed by atoms with Gasteiger partial charge in [-0.05, 0) is 18.6 Å². The van der Waals surface area contributed by atoms with Crippen LogP contribution in [0.4, 0.5) is 0 Å². The van der Waals surface area contributed by atoms with Crippen molar-refractivity contribution in [2.45, 2.75) is 26.4 Å². The molecule has 150 valence electrons. The molecule has 0 saturated carbocycles. The fourth-order valence-electron chi connectivity index (χ4n) is 3.60. The summed E-state index contributed by atoms with van der Waals surface area (Å²) in [4.78, 5) is 12.5. The molecule has 0 amide bonds. The monoisotopic (exact) mass is 406 g/mol. The molecule has 0 aliphatic rings. The van der Waals surface area contributed by atoms with E-state index in [0.29, 0.717) is 18.1 Å². The summed E-state index contributed by atoms with van der Waals surface area (Å²) in [5.41, 5.74) is 0.535. The van der Waals surface area contributed by atoms with E-state index in [1.165, 1.54) is 0 Å². The maximum atomic E-state index is 14.3. The molecule has 4 heteroatoms. The molecule has 29 heavy (non-hydrogen) atoms. The van der Waals surface area contributed by atoms with E-state index in [2.05, 4.69) is 0 Å². The number of hydrogen-bond donors (Lipinski definition) is 0. The molecule has 0 aromatic heterocycles. The van der Waals surface area contributed by atoms with Gasteiger partial charge >= 0.3 is 5.97 Å². The molecule has 0 saturated heterocycles. The number of esters is 1. The Bertz CT molecular complexity index is 912. The third kappa shape index (κ3) is 5.05. The Morgan fingerprint density at radius 3 is 1.72 bits per heavy atom. The van der Waals surface area contributed by atoms with Gasteiger partial charge in [-0.15, -0.1) is 0 Å². The van der Waals surface area contributed by atoms with Crippen molar-refractivity contribution in [1.82, 2.24) is 0 Å². The molecule has 0 aliphatic carbocycles. The molecular formula is C25H27O3P. The summed E-state index contributed by atoms with van der Waals surface area (Å²) in [5, 5.41) is 1.67. The molecule has 0 radical (unpaired) electrons. The molecule has 0 heterocycles. The van der Waals surface area contributed by atoms with Crippen LogP contribution in [0.5, 0.6) is 0 Å². The lowest BCUT2D eigenvalue weighted by molar-refractivity contribution is 0.0177. The number of carbonyl (C=O) groups excluding carboxylic acids is 1. The van der Waals surface area contributed by atoms with Gasteiger partial charge < -0.3 is 9.30 Å². The first-order valence-electron chi connectivity index (χ1n) is 10.0. The molecule has 3 nitrogen and oxygen atoms in total. The lowest BCUT2D eigenvalue weighted by atomic mass is 10.0. The van der Waals surface area contributed by atoms with Crippen LogP contribution in [0.2, 0.25) is 0 Å². The zero-order chi connectivity index (χ0) is 20.7. The highest BCUT2D eigenvalue weighted by Crippen LogP contribution is 2.46. The van der Waals surface area contributed by atoms with Gasteiger partial charge in [0, 0.05) is 22.7 Å². The average molecular weight is 406 g/mol. The predicted molar refractivity (Wildman–Crippen MR) is 120 cm³/mol. The van der Waals surface area contributed by atoms with Crippen LogP contribution in [0.15, 0.2) is 91.0 Å². The van der Waals surface area contributed by atoms with Crippen molar-refractivity contribution in [2.24, 2.45) is 5.92 Å². The van der Waals surface area contributed by atoms with E-state index in [1.54, 1.807) is 12.1 Å². The highest BCUT2D eigenvalue weighted by Gasteiger charge is 2.33. The summed E-state index contributed by atoms with van der Waals surface area (Å²) in [6.45, 7) is 4.01. The number of hydrogen-bond acceptors (Lipinski definition) is 3. The zero-order valence-electron chi connectivity index (χ0n) is 16.9. The third-order valence-corrected chi connectivity index (χ3v) is 8.55. The topological polar surface area (TPSA) is 43.4 Å². The van der Waals surface area contributed by atoms with Gasteiger partial charge in [-0.3, -0.25) is 0 Å². The Hall–Kier alpha value is -2.64. The highest BCUT2D eigenvalue weighted by atomic mass is 31.2. The molecular weight excluding hydrogens is 379 g/mol. The van der Waals surface area contributed by atoms with Gasteiger partial charge in [0.05, 0.1) is 5.56 Å². The van der Waals surface area contributed by atoms with Crippen molar-refractivity contribution in [3.8, 4) is 0 Å². The standard InChI is InChI=1S/C25H27O3P/c1-3-24(28-25(26)21-13-7-4-8-14-21)20(2)19-29(27,22-15-9-5-10-16-22)23-17-11-6-12-18-23/h4-18,20,24H,3,19H2,1-2H3/t20-,24+/m0/s1. The van der Waals surface area contributed by atoms with Gasteiger partial charge in [-0.2, -0.15) is 0 Å². The van der Waals surface area contributed by atoms with Gasteiger partial charge in [-0.1, -0.05) is 92.7 Å². The quantitative estimate of drug-likeness (QED) is 0.378. The molecule has 0 spiro atoms. The number of rotatable bonds is 8. The van der Waals surface area contributed by atoms with Crippen molar-refractivity contribution in [3.05, 3.63) is 96.6 Å². The van der Waals surface area contributed by atoms with Gasteiger partial charge in [0.15, 0.2) is 0 Å². The molecule has 3 rings (SSSR count). The van der Waals surface area contributed by atoms with Gasteiger partial charge in [0.25, 0.3) is 0 Å². The van der Waals surface area contributed by atoms with E-state index in [-0.39, 0.29) is 18.0 Å². The minimum Gasteiger partial charge on any atom is -0.458 e. The predicted octanol–water partition coefficient (Wildman–Crippen LogP) is 5.27. The van der Waals surface area contributed by atoms with E-state index in [9.17, 15) is 9.36 Å². The van der Waals surface area contributed by atoms with Crippen molar-refractivity contribution >= 4 is 23.7 Å². The number of benzene rings is 3. The summed E-state index contributed by atoms with van der Waals surface area (Å²) in [6.07, 6.45) is 0.814. The summed E-state index contributed by atoms with van der Waals surface area (Å²) in [5.74, 6) is -0.391. The van der Waals surface area contributed by atoms with Crippen LogP contribution in [-0.2, 0) is 9.30 Å². The Labute approximate surface area is 173 Å². The first-order valence-corrected chi connectivity index (χ1v) is 11.9. The van der Waals surface area contributed by atoms with Gasteiger partial charge in [-0.25, -0.2) is 4.79 Å². The van der Waals surface area contributed by atoms with Crippen molar-refractivity contribution in [2.75, 3.05) is 6.16 Å². The SMILES string of the molecule is CC[C@@H](OC(=O)c1ccccc1)[C@@H](C)CP(=O)(c1ccccc1)c1ccccc1. The van der Waals surface area contributed by atoms with Crippen LogP contribution in [-0.4, -0.2) is 18.2 Å². The Morgan fingerprint density at radius 1 is 0.828 bits per heavy atom. The summed E-state index contributed by atoms with van der Waals surface area (Å²) < 4.78 is 20.1. The smallest absolute Gasteiger partial charge is 0.338 e. The Morgan fingerprint density at radius 2 is 1.28 bits per heavy atom. The highest BCUT2D eigenvalue weighted by molar-refractivity contribution is 7.78. The average Bonchev–Trinajstić information content (AvgIpc) is 2.78. The first kappa shape index (κ1) is 21.1. The van der Waals surface area contributed by atoms with Crippen molar-refractivity contribution in [3.63, 3.8) is 0 Å². The molecule has 2 atom stereocenters. The summed E-state index contributed by atoms with van der Waals surface area (Å²) >= 11 is 0. The minimum absolute atomic E-state index is 0.0566. The van der Waals surface area contributed by atoms with Crippen LogP contribution in [0.3, 0.4) is 0 Å². The zero-order valence-corrected chi connectivity index (χ0v) is 17.8. The Kier molecular flexibility index (Phi) is 7.06. The minimum atomic E-state index is -2.85. The van der Waals surface area contributed by atoms with Crippen LogP contribution in [0.25, 0.3) is 0 Å². The van der Waals surface area contributed by atoms with E-state index in [0.717, 1.165) is 10.6 Å². The third-order valence-electron chi connectivity index (χ3n) is 5.20. The maximum Gasteiger partial charge on any atom is 0.338 e. The van der Waals surface area contributed by atoms with Crippen LogP contribution in [0.1, 0.15) is 30.6 Å². The number of carbonyl (C=O) groups is 1. The van der Waals surface area contributed by atoms with Crippen LogP contribution >= 0.6 is 7.14 Å². The van der Waals surface area contributed by atoms with Gasteiger partial charge in [0.1, 0.15) is 13.2 Å². The van der Waals surface area contributed by atoms with Crippen molar-refractivity contribution < 1.29 is 14.1 Å². The molecule has 0 bridgehead atoms. The van der Waals surface area contributed by atoms with Gasteiger partial charge in [0.2, 0.25) is 0 Å².